The molecule has 2 fully saturated rings. The van der Waals surface area contributed by atoms with Gasteiger partial charge >= 0.3 is 0 Å². The molecule has 1 N–H and O–H groups in total. The highest BCUT2D eigenvalue weighted by Gasteiger charge is 2.33. The van der Waals surface area contributed by atoms with Crippen LogP contribution >= 0.6 is 0 Å². The largest absolute Gasteiger partial charge is 0.377 e. The summed E-state index contributed by atoms with van der Waals surface area (Å²) in [5.41, 5.74) is 0. The number of hydrogen-bond donors (Lipinski definition) is 1. The Morgan fingerprint density at radius 2 is 2.00 bits per heavy atom. The van der Waals surface area contributed by atoms with Crippen LogP contribution < -0.4 is 5.32 Å². The second kappa shape index (κ2) is 6.52. The molecule has 0 spiro atoms. The zero-order chi connectivity index (χ0) is 13.9. The molecule has 2 rings (SSSR count). The molecule has 2 unspecified atom stereocenters. The predicted octanol–water partition coefficient (Wildman–Crippen LogP) is 0.958. The first-order valence-electron chi connectivity index (χ1n) is 7.31. The predicted molar refractivity (Wildman–Crippen MR) is 75.6 cm³/mol. The van der Waals surface area contributed by atoms with E-state index in [2.05, 4.69) is 5.32 Å². The lowest BCUT2D eigenvalue weighted by Gasteiger charge is -2.26. The van der Waals surface area contributed by atoms with Crippen LogP contribution in [0.1, 0.15) is 39.0 Å². The van der Waals surface area contributed by atoms with Gasteiger partial charge in [-0.3, -0.25) is 0 Å². The van der Waals surface area contributed by atoms with Crippen molar-refractivity contribution in [2.24, 2.45) is 0 Å². The Bertz CT molecular complexity index is 381. The monoisotopic (exact) mass is 290 g/mol. The van der Waals surface area contributed by atoms with Crippen LogP contribution in [0.15, 0.2) is 0 Å². The molecule has 112 valence electrons. The highest BCUT2D eigenvalue weighted by atomic mass is 32.2. The quantitative estimate of drug-likeness (QED) is 0.676. The number of nitrogens with zero attached hydrogens (tertiary/aromatic N) is 1. The number of unbranched alkanes of at least 4 members (excludes halogenated alkanes) is 1. The van der Waals surface area contributed by atoms with Crippen LogP contribution in [-0.4, -0.2) is 56.9 Å². The minimum atomic E-state index is -3.14. The number of sulfonamides is 1. The van der Waals surface area contributed by atoms with Crippen LogP contribution in [-0.2, 0) is 14.8 Å². The Kier molecular flexibility index (Phi) is 5.22. The zero-order valence-electron chi connectivity index (χ0n) is 12.0. The summed E-state index contributed by atoms with van der Waals surface area (Å²) in [4.78, 5) is 0. The molecule has 1 aliphatic heterocycles. The average molecular weight is 290 g/mol. The summed E-state index contributed by atoms with van der Waals surface area (Å²) in [6.07, 6.45) is 5.03. The first-order chi connectivity index (χ1) is 9.00. The zero-order valence-corrected chi connectivity index (χ0v) is 12.8. The molecule has 2 aliphatic rings. The van der Waals surface area contributed by atoms with Gasteiger partial charge in [0.05, 0.1) is 17.9 Å². The highest BCUT2D eigenvalue weighted by molar-refractivity contribution is 7.89. The molecule has 1 heterocycles. The minimum absolute atomic E-state index is 0.00888. The van der Waals surface area contributed by atoms with Gasteiger partial charge in [-0.25, -0.2) is 8.42 Å². The van der Waals surface area contributed by atoms with E-state index in [0.717, 1.165) is 25.8 Å². The van der Waals surface area contributed by atoms with E-state index in [1.807, 2.05) is 6.92 Å². The number of hydrogen-bond acceptors (Lipinski definition) is 4. The first kappa shape index (κ1) is 15.2. The number of nitrogens with one attached hydrogen (secondary N) is 1. The van der Waals surface area contributed by atoms with Crippen molar-refractivity contribution < 1.29 is 13.2 Å². The second-order valence-corrected chi connectivity index (χ2v) is 7.85. The molecule has 6 heteroatoms. The third kappa shape index (κ3) is 4.41. The van der Waals surface area contributed by atoms with E-state index in [1.165, 1.54) is 17.1 Å². The molecule has 0 radical (unpaired) electrons. The lowest BCUT2D eigenvalue weighted by atomic mass is 10.2. The van der Waals surface area contributed by atoms with Crippen molar-refractivity contribution in [3.05, 3.63) is 0 Å². The van der Waals surface area contributed by atoms with E-state index in [9.17, 15) is 8.42 Å². The van der Waals surface area contributed by atoms with Crippen LogP contribution in [0.5, 0.6) is 0 Å². The molecular formula is C13H26N2O3S. The van der Waals surface area contributed by atoms with Gasteiger partial charge in [-0.1, -0.05) is 0 Å². The fourth-order valence-corrected chi connectivity index (χ4v) is 4.10. The number of rotatable bonds is 8. The Hall–Kier alpha value is -0.170. The molecule has 5 nitrogen and oxygen atoms in total. The average Bonchev–Trinajstić information content (AvgIpc) is 3.09. The molecule has 0 amide bonds. The number of likely N-dealkylation sites (N-methyl/N-ethyl adjacent to an activating group) is 1. The van der Waals surface area contributed by atoms with Crippen LogP contribution in [0.2, 0.25) is 0 Å². The molecular weight excluding hydrogens is 264 g/mol. The third-order valence-electron chi connectivity index (χ3n) is 4.08. The molecule has 0 aromatic carbocycles. The Morgan fingerprint density at radius 1 is 1.26 bits per heavy atom. The van der Waals surface area contributed by atoms with Gasteiger partial charge in [0.25, 0.3) is 0 Å². The van der Waals surface area contributed by atoms with Crippen LogP contribution in [0, 0.1) is 0 Å². The van der Waals surface area contributed by atoms with Gasteiger partial charge in [-0.2, -0.15) is 4.31 Å². The summed E-state index contributed by atoms with van der Waals surface area (Å²) in [6, 6.07) is 0.713. The van der Waals surface area contributed by atoms with E-state index in [4.69, 9.17) is 4.74 Å². The van der Waals surface area contributed by atoms with E-state index < -0.39 is 10.0 Å². The van der Waals surface area contributed by atoms with E-state index in [1.54, 1.807) is 7.05 Å². The smallest absolute Gasteiger partial charge is 0.214 e. The molecule has 0 bridgehead atoms. The maximum atomic E-state index is 12.2. The summed E-state index contributed by atoms with van der Waals surface area (Å²) in [5.74, 6) is 0.249. The Labute approximate surface area is 116 Å². The van der Waals surface area contributed by atoms with Gasteiger partial charge in [-0.05, 0) is 45.6 Å². The third-order valence-corrected chi connectivity index (χ3v) is 6.03. The fraction of sp³-hybridized carbons (Fsp3) is 1.00. The van der Waals surface area contributed by atoms with Crippen molar-refractivity contribution in [3.8, 4) is 0 Å². The molecule has 19 heavy (non-hydrogen) atoms. The van der Waals surface area contributed by atoms with Crippen LogP contribution in [0.3, 0.4) is 0 Å². The van der Waals surface area contributed by atoms with Crippen molar-refractivity contribution in [1.29, 1.82) is 0 Å². The molecule has 1 saturated heterocycles. The fourth-order valence-electron chi connectivity index (χ4n) is 2.55. The topological polar surface area (TPSA) is 58.6 Å². The van der Waals surface area contributed by atoms with Crippen molar-refractivity contribution in [1.82, 2.24) is 9.62 Å². The molecule has 0 aromatic heterocycles. The summed E-state index contributed by atoms with van der Waals surface area (Å²) >= 11 is 0. The molecule has 2 atom stereocenters. The van der Waals surface area contributed by atoms with Gasteiger partial charge in [-0.15, -0.1) is 0 Å². The van der Waals surface area contributed by atoms with Crippen LogP contribution in [0.25, 0.3) is 0 Å². The summed E-state index contributed by atoms with van der Waals surface area (Å²) in [7, 11) is -1.45. The lowest BCUT2D eigenvalue weighted by molar-refractivity contribution is 0.102. The van der Waals surface area contributed by atoms with Gasteiger partial charge < -0.3 is 10.1 Å². The van der Waals surface area contributed by atoms with Crippen LogP contribution in [0.4, 0.5) is 0 Å². The van der Waals surface area contributed by atoms with Gasteiger partial charge in [0.15, 0.2) is 0 Å². The molecule has 1 saturated carbocycles. The maximum Gasteiger partial charge on any atom is 0.214 e. The molecule has 1 aliphatic carbocycles. The second-order valence-electron chi connectivity index (χ2n) is 5.70. The van der Waals surface area contributed by atoms with E-state index >= 15 is 0 Å². The SMILES string of the molecule is CC1OCCC1N(C)S(=O)(=O)CCCCNC1CC1. The highest BCUT2D eigenvalue weighted by Crippen LogP contribution is 2.21. The lowest BCUT2D eigenvalue weighted by Crippen LogP contribution is -2.42. The van der Waals surface area contributed by atoms with Crippen molar-refractivity contribution in [2.75, 3.05) is 26.0 Å². The number of ether oxygens (including phenoxy) is 1. The van der Waals surface area contributed by atoms with Crippen molar-refractivity contribution in [2.45, 2.75) is 57.2 Å². The summed E-state index contributed by atoms with van der Waals surface area (Å²) < 4.78 is 31.4. The van der Waals surface area contributed by atoms with Crippen molar-refractivity contribution in [3.63, 3.8) is 0 Å². The van der Waals surface area contributed by atoms with Gasteiger partial charge in [0.2, 0.25) is 10.0 Å². The van der Waals surface area contributed by atoms with E-state index in [0.29, 0.717) is 12.6 Å². The normalized spacial score (nSPS) is 28.2. The van der Waals surface area contributed by atoms with Crippen molar-refractivity contribution >= 4 is 10.0 Å². The summed E-state index contributed by atoms with van der Waals surface area (Å²) in [6.45, 7) is 3.55. The Balaban J connectivity index is 1.70. The van der Waals surface area contributed by atoms with Gasteiger partial charge in [0.1, 0.15) is 0 Å². The molecule has 0 aromatic rings. The van der Waals surface area contributed by atoms with E-state index in [-0.39, 0.29) is 17.9 Å². The van der Waals surface area contributed by atoms with Gasteiger partial charge in [0, 0.05) is 19.7 Å². The standard InChI is InChI=1S/C13H26N2O3S/c1-11-13(7-9-18-11)15(2)19(16,17)10-4-3-8-14-12-5-6-12/h11-14H,3-10H2,1-2H3. The Morgan fingerprint density at radius 3 is 2.58 bits per heavy atom. The minimum Gasteiger partial charge on any atom is -0.377 e. The first-order valence-corrected chi connectivity index (χ1v) is 8.92. The maximum absolute atomic E-state index is 12.2. The summed E-state index contributed by atoms with van der Waals surface area (Å²) in [5, 5.41) is 3.41.